The molecule has 0 fully saturated rings. The largest absolute Gasteiger partial charge is 0.345 e. The fourth-order valence-corrected chi connectivity index (χ4v) is 3.80. The molecule has 4 nitrogen and oxygen atoms in total. The highest BCUT2D eigenvalue weighted by Crippen LogP contribution is 2.21. The Balaban J connectivity index is 1.79. The number of carbonyl (C=O) groups excluding carboxylic acids is 2. The molecule has 0 radical (unpaired) electrons. The summed E-state index contributed by atoms with van der Waals surface area (Å²) in [4.78, 5) is 25.5. The Morgan fingerprint density at radius 1 is 0.857 bits per heavy atom. The summed E-state index contributed by atoms with van der Waals surface area (Å²) in [5.41, 5.74) is 3.61. The molecule has 0 bridgehead atoms. The van der Waals surface area contributed by atoms with Crippen molar-refractivity contribution in [1.29, 1.82) is 0 Å². The first-order valence-corrected chi connectivity index (χ1v) is 10.1. The number of amides is 2. The first-order valence-electron chi connectivity index (χ1n) is 8.98. The summed E-state index contributed by atoms with van der Waals surface area (Å²) in [5, 5.41) is 5.87. The third-order valence-corrected chi connectivity index (χ3v) is 5.33. The van der Waals surface area contributed by atoms with Gasteiger partial charge in [0.15, 0.2) is 0 Å². The monoisotopic (exact) mass is 484 g/mol. The van der Waals surface area contributed by atoms with Gasteiger partial charge in [0.05, 0.1) is 22.9 Å². The fraction of sp³-hybridized carbons (Fsp3) is 0.130. The second-order valence-electron chi connectivity index (χ2n) is 6.59. The van der Waals surface area contributed by atoms with Crippen molar-refractivity contribution in [2.24, 2.45) is 0 Å². The van der Waals surface area contributed by atoms with Gasteiger partial charge in [-0.2, -0.15) is 0 Å². The van der Waals surface area contributed by atoms with Crippen molar-refractivity contribution in [2.45, 2.75) is 19.9 Å². The van der Waals surface area contributed by atoms with Gasteiger partial charge in [0.25, 0.3) is 11.8 Å². The van der Waals surface area contributed by atoms with Crippen molar-refractivity contribution in [2.75, 3.05) is 5.32 Å². The van der Waals surface area contributed by atoms with Gasteiger partial charge in [-0.25, -0.2) is 0 Å². The molecule has 0 aliphatic rings. The van der Waals surface area contributed by atoms with E-state index in [-0.39, 0.29) is 17.9 Å². The number of rotatable bonds is 5. The zero-order valence-corrected chi connectivity index (χ0v) is 17.9. The van der Waals surface area contributed by atoms with Gasteiger partial charge < -0.3 is 10.6 Å². The lowest BCUT2D eigenvalue weighted by molar-refractivity contribution is 0.0941. The molecule has 0 aromatic heterocycles. The van der Waals surface area contributed by atoms with Crippen LogP contribution in [-0.2, 0) is 0 Å². The molecule has 0 aliphatic heterocycles. The van der Waals surface area contributed by atoms with Crippen LogP contribution in [0.2, 0.25) is 0 Å². The molecular weight excluding hydrogens is 463 g/mol. The second-order valence-corrected chi connectivity index (χ2v) is 7.75. The molecule has 2 N–H and O–H groups in total. The maximum absolute atomic E-state index is 12.8. The number of nitrogens with one attached hydrogen (secondary N) is 2. The van der Waals surface area contributed by atoms with E-state index >= 15 is 0 Å². The molecule has 3 aromatic carbocycles. The fourth-order valence-electron chi connectivity index (χ4n) is 2.88. The number of benzene rings is 3. The SMILES string of the molecule is Cc1ccc(C(=O)Nc2ccccc2C(=O)N[C@H](C)c2ccccc2)c(I)c1. The predicted octanol–water partition coefficient (Wildman–Crippen LogP) is 5.34. The van der Waals surface area contributed by atoms with E-state index in [0.717, 1.165) is 14.7 Å². The maximum atomic E-state index is 12.8. The Labute approximate surface area is 178 Å². The summed E-state index contributed by atoms with van der Waals surface area (Å²) >= 11 is 2.15. The van der Waals surface area contributed by atoms with E-state index in [1.807, 2.05) is 56.3 Å². The zero-order chi connectivity index (χ0) is 20.1. The number of carbonyl (C=O) groups is 2. The van der Waals surface area contributed by atoms with Crippen LogP contribution in [0.15, 0.2) is 72.8 Å². The highest BCUT2D eigenvalue weighted by molar-refractivity contribution is 14.1. The average molecular weight is 484 g/mol. The smallest absolute Gasteiger partial charge is 0.256 e. The highest BCUT2D eigenvalue weighted by Gasteiger charge is 2.17. The van der Waals surface area contributed by atoms with E-state index in [1.165, 1.54) is 0 Å². The third kappa shape index (κ3) is 4.78. The Morgan fingerprint density at radius 2 is 1.54 bits per heavy atom. The Bertz CT molecular complexity index is 1000. The third-order valence-electron chi connectivity index (χ3n) is 4.44. The van der Waals surface area contributed by atoms with Crippen LogP contribution in [0.25, 0.3) is 0 Å². The second kappa shape index (κ2) is 9.01. The topological polar surface area (TPSA) is 58.2 Å². The summed E-state index contributed by atoms with van der Waals surface area (Å²) < 4.78 is 0.870. The lowest BCUT2D eigenvalue weighted by atomic mass is 10.1. The Hall–Kier alpha value is -2.67. The van der Waals surface area contributed by atoms with Crippen molar-refractivity contribution in [1.82, 2.24) is 5.32 Å². The molecule has 5 heteroatoms. The van der Waals surface area contributed by atoms with E-state index in [2.05, 4.69) is 33.2 Å². The van der Waals surface area contributed by atoms with Crippen LogP contribution >= 0.6 is 22.6 Å². The molecule has 0 unspecified atom stereocenters. The number of anilines is 1. The van der Waals surface area contributed by atoms with Gasteiger partial charge >= 0.3 is 0 Å². The number of aryl methyl sites for hydroxylation is 1. The zero-order valence-electron chi connectivity index (χ0n) is 15.7. The van der Waals surface area contributed by atoms with Crippen LogP contribution in [-0.4, -0.2) is 11.8 Å². The number of hydrogen-bond donors (Lipinski definition) is 2. The van der Waals surface area contributed by atoms with E-state index in [4.69, 9.17) is 0 Å². The quantitative estimate of drug-likeness (QED) is 0.481. The molecule has 0 saturated heterocycles. The summed E-state index contributed by atoms with van der Waals surface area (Å²) in [6, 6.07) is 22.3. The normalized spacial score (nSPS) is 11.5. The molecule has 0 saturated carbocycles. The van der Waals surface area contributed by atoms with Crippen LogP contribution < -0.4 is 10.6 Å². The molecule has 3 aromatic rings. The molecule has 0 aliphatic carbocycles. The highest BCUT2D eigenvalue weighted by atomic mass is 127. The summed E-state index contributed by atoms with van der Waals surface area (Å²) in [6.07, 6.45) is 0. The van der Waals surface area contributed by atoms with Gasteiger partial charge in [0.1, 0.15) is 0 Å². The minimum Gasteiger partial charge on any atom is -0.345 e. The molecule has 0 heterocycles. The van der Waals surface area contributed by atoms with Gasteiger partial charge in [0, 0.05) is 3.57 Å². The Kier molecular flexibility index (Phi) is 6.46. The van der Waals surface area contributed by atoms with Crippen molar-refractivity contribution in [3.05, 3.63) is 98.6 Å². The average Bonchev–Trinajstić information content (AvgIpc) is 2.68. The maximum Gasteiger partial charge on any atom is 0.256 e. The van der Waals surface area contributed by atoms with Crippen molar-refractivity contribution >= 4 is 40.1 Å². The van der Waals surface area contributed by atoms with Crippen molar-refractivity contribution < 1.29 is 9.59 Å². The number of halogens is 1. The van der Waals surface area contributed by atoms with E-state index in [9.17, 15) is 9.59 Å². The van der Waals surface area contributed by atoms with Gasteiger partial charge in [-0.15, -0.1) is 0 Å². The number of hydrogen-bond acceptors (Lipinski definition) is 2. The lowest BCUT2D eigenvalue weighted by Crippen LogP contribution is -2.28. The van der Waals surface area contributed by atoms with Crippen molar-refractivity contribution in [3.8, 4) is 0 Å². The summed E-state index contributed by atoms with van der Waals surface area (Å²) in [7, 11) is 0. The van der Waals surface area contributed by atoms with Gasteiger partial charge in [0.2, 0.25) is 0 Å². The molecule has 142 valence electrons. The lowest BCUT2D eigenvalue weighted by Gasteiger charge is -2.16. The molecular formula is C23H21IN2O2. The van der Waals surface area contributed by atoms with Crippen LogP contribution in [0.5, 0.6) is 0 Å². The van der Waals surface area contributed by atoms with E-state index in [0.29, 0.717) is 16.8 Å². The first kappa shape index (κ1) is 20.1. The van der Waals surface area contributed by atoms with Crippen LogP contribution in [0, 0.1) is 10.5 Å². The van der Waals surface area contributed by atoms with Crippen LogP contribution in [0.4, 0.5) is 5.69 Å². The number of para-hydroxylation sites is 1. The molecule has 2 amide bonds. The van der Waals surface area contributed by atoms with Gasteiger partial charge in [-0.3, -0.25) is 9.59 Å². The minimum atomic E-state index is -0.235. The van der Waals surface area contributed by atoms with Gasteiger partial charge in [-0.1, -0.05) is 54.1 Å². The van der Waals surface area contributed by atoms with Crippen LogP contribution in [0.3, 0.4) is 0 Å². The molecule has 3 rings (SSSR count). The van der Waals surface area contributed by atoms with E-state index < -0.39 is 0 Å². The van der Waals surface area contributed by atoms with Crippen LogP contribution in [0.1, 0.15) is 44.8 Å². The summed E-state index contributed by atoms with van der Waals surface area (Å²) in [6.45, 7) is 3.92. The summed E-state index contributed by atoms with van der Waals surface area (Å²) in [5.74, 6) is -0.466. The first-order chi connectivity index (χ1) is 13.5. The molecule has 1 atom stereocenters. The molecule has 28 heavy (non-hydrogen) atoms. The standard InChI is InChI=1S/C23H21IN2O2/c1-15-12-13-18(20(24)14-15)22(27)26-21-11-7-6-10-19(21)23(28)25-16(2)17-8-4-3-5-9-17/h3-14,16H,1-2H3,(H,25,28)(H,26,27)/t16-/m1/s1. The Morgan fingerprint density at radius 3 is 2.25 bits per heavy atom. The van der Waals surface area contributed by atoms with E-state index in [1.54, 1.807) is 30.3 Å². The van der Waals surface area contributed by atoms with Gasteiger partial charge in [-0.05, 0) is 66.3 Å². The van der Waals surface area contributed by atoms with Crippen molar-refractivity contribution in [3.63, 3.8) is 0 Å². The predicted molar refractivity (Wildman–Crippen MR) is 121 cm³/mol. The minimum absolute atomic E-state index is 0.143. The molecule has 0 spiro atoms.